The summed E-state index contributed by atoms with van der Waals surface area (Å²) >= 11 is 0. The van der Waals surface area contributed by atoms with E-state index in [0.29, 0.717) is 17.8 Å². The number of rotatable bonds is 4. The monoisotopic (exact) mass is 253 g/mol. The van der Waals surface area contributed by atoms with E-state index in [0.717, 1.165) is 5.69 Å². The van der Waals surface area contributed by atoms with Crippen LogP contribution in [-0.4, -0.2) is 17.0 Å². The van der Waals surface area contributed by atoms with E-state index in [2.05, 4.69) is 15.3 Å². The van der Waals surface area contributed by atoms with E-state index >= 15 is 0 Å². The van der Waals surface area contributed by atoms with Gasteiger partial charge in [0.05, 0.1) is 23.5 Å². The molecule has 2 rings (SSSR count). The van der Waals surface area contributed by atoms with Crippen molar-refractivity contribution in [3.63, 3.8) is 0 Å². The average molecular weight is 253 g/mol. The molecular weight excluding hydrogens is 242 g/mol. The predicted octanol–water partition coefficient (Wildman–Crippen LogP) is 1.98. The standard InChI is InChI=1S/C14H11N3O2/c18-10-17-13-7-2-1-6-12(13)14(19)16-9-11-5-3-4-8-15-11/h1-8H,9H2,(H,16,19). The second kappa shape index (κ2) is 6.23. The van der Waals surface area contributed by atoms with Gasteiger partial charge in [-0.15, -0.1) is 0 Å². The molecule has 1 aromatic carbocycles. The topological polar surface area (TPSA) is 71.4 Å². The lowest BCUT2D eigenvalue weighted by Gasteiger charge is -2.06. The van der Waals surface area contributed by atoms with Crippen LogP contribution in [0.4, 0.5) is 5.69 Å². The molecule has 1 aromatic heterocycles. The first-order valence-electron chi connectivity index (χ1n) is 5.66. The SMILES string of the molecule is O=C=Nc1ccccc1C(=O)NCc1ccccn1. The number of nitrogens with zero attached hydrogens (tertiary/aromatic N) is 2. The maximum Gasteiger partial charge on any atom is 0.253 e. The van der Waals surface area contributed by atoms with Gasteiger partial charge in [-0.2, -0.15) is 4.99 Å². The Morgan fingerprint density at radius 3 is 2.74 bits per heavy atom. The van der Waals surface area contributed by atoms with Crippen LogP contribution in [0.15, 0.2) is 53.7 Å². The second-order valence-electron chi connectivity index (χ2n) is 3.72. The molecule has 0 bridgehead atoms. The smallest absolute Gasteiger partial charge is 0.253 e. The molecule has 0 saturated heterocycles. The zero-order chi connectivity index (χ0) is 13.5. The van der Waals surface area contributed by atoms with Crippen LogP contribution in [-0.2, 0) is 11.3 Å². The number of nitrogens with one attached hydrogen (secondary N) is 1. The summed E-state index contributed by atoms with van der Waals surface area (Å²) in [6, 6.07) is 12.1. The Morgan fingerprint density at radius 2 is 2.00 bits per heavy atom. The highest BCUT2D eigenvalue weighted by Crippen LogP contribution is 2.17. The lowest BCUT2D eigenvalue weighted by atomic mass is 10.1. The van der Waals surface area contributed by atoms with Crippen LogP contribution < -0.4 is 5.32 Å². The first kappa shape index (κ1) is 12.7. The summed E-state index contributed by atoms with van der Waals surface area (Å²) in [5.41, 5.74) is 1.39. The molecule has 1 heterocycles. The number of carbonyl (C=O) groups is 1. The number of aliphatic imine (C=N–C) groups is 1. The van der Waals surface area contributed by atoms with Gasteiger partial charge in [0.1, 0.15) is 0 Å². The van der Waals surface area contributed by atoms with E-state index in [-0.39, 0.29) is 5.91 Å². The Morgan fingerprint density at radius 1 is 1.21 bits per heavy atom. The van der Waals surface area contributed by atoms with Crippen LogP contribution in [0.3, 0.4) is 0 Å². The minimum absolute atomic E-state index is 0.302. The molecule has 1 amide bonds. The van der Waals surface area contributed by atoms with Crippen molar-refractivity contribution < 1.29 is 9.59 Å². The largest absolute Gasteiger partial charge is 0.346 e. The van der Waals surface area contributed by atoms with Gasteiger partial charge in [-0.3, -0.25) is 9.78 Å². The van der Waals surface area contributed by atoms with Crippen molar-refractivity contribution in [1.82, 2.24) is 10.3 Å². The van der Waals surface area contributed by atoms with Crippen LogP contribution in [0.1, 0.15) is 16.1 Å². The number of carbonyl (C=O) groups excluding carboxylic acids is 2. The summed E-state index contributed by atoms with van der Waals surface area (Å²) in [6.45, 7) is 0.318. The first-order chi connectivity index (χ1) is 9.31. The number of isocyanates is 1. The van der Waals surface area contributed by atoms with Crippen molar-refractivity contribution in [3.05, 3.63) is 59.9 Å². The number of pyridine rings is 1. The Bertz CT molecular complexity index is 620. The molecule has 5 heteroatoms. The van der Waals surface area contributed by atoms with Crippen LogP contribution in [0.5, 0.6) is 0 Å². The van der Waals surface area contributed by atoms with E-state index in [1.807, 2.05) is 12.1 Å². The molecule has 0 unspecified atom stereocenters. The summed E-state index contributed by atoms with van der Waals surface area (Å²) in [7, 11) is 0. The van der Waals surface area contributed by atoms with Crippen LogP contribution in [0, 0.1) is 0 Å². The molecule has 0 aliphatic rings. The highest BCUT2D eigenvalue weighted by atomic mass is 16.1. The zero-order valence-electron chi connectivity index (χ0n) is 10.0. The molecule has 19 heavy (non-hydrogen) atoms. The highest BCUT2D eigenvalue weighted by molar-refractivity contribution is 5.99. The van der Waals surface area contributed by atoms with Crippen LogP contribution in [0.25, 0.3) is 0 Å². The van der Waals surface area contributed by atoms with Crippen LogP contribution >= 0.6 is 0 Å². The summed E-state index contributed by atoms with van der Waals surface area (Å²) in [6.07, 6.45) is 3.09. The van der Waals surface area contributed by atoms with Crippen molar-refractivity contribution in [2.45, 2.75) is 6.54 Å². The van der Waals surface area contributed by atoms with Gasteiger partial charge < -0.3 is 5.32 Å². The van der Waals surface area contributed by atoms with E-state index in [4.69, 9.17) is 0 Å². The Labute approximate surface area is 110 Å². The fraction of sp³-hybridized carbons (Fsp3) is 0.0714. The summed E-state index contributed by atoms with van der Waals surface area (Å²) in [4.78, 5) is 29.9. The van der Waals surface area contributed by atoms with E-state index in [1.54, 1.807) is 36.5 Å². The van der Waals surface area contributed by atoms with Gasteiger partial charge in [-0.25, -0.2) is 4.79 Å². The lowest BCUT2D eigenvalue weighted by molar-refractivity contribution is 0.0951. The summed E-state index contributed by atoms with van der Waals surface area (Å²) in [5.74, 6) is -0.305. The first-order valence-corrected chi connectivity index (χ1v) is 5.66. The Kier molecular flexibility index (Phi) is 4.16. The number of hydrogen-bond acceptors (Lipinski definition) is 4. The molecule has 0 aliphatic carbocycles. The molecule has 94 valence electrons. The van der Waals surface area contributed by atoms with Crippen molar-refractivity contribution in [1.29, 1.82) is 0 Å². The zero-order valence-corrected chi connectivity index (χ0v) is 10.0. The summed E-state index contributed by atoms with van der Waals surface area (Å²) < 4.78 is 0. The average Bonchev–Trinajstić information content (AvgIpc) is 2.47. The van der Waals surface area contributed by atoms with Crippen molar-refractivity contribution in [2.75, 3.05) is 0 Å². The van der Waals surface area contributed by atoms with Gasteiger partial charge in [0.15, 0.2) is 0 Å². The maximum absolute atomic E-state index is 12.0. The molecule has 0 atom stereocenters. The van der Waals surface area contributed by atoms with E-state index in [9.17, 15) is 9.59 Å². The molecule has 0 fully saturated rings. The van der Waals surface area contributed by atoms with Gasteiger partial charge in [-0.1, -0.05) is 18.2 Å². The second-order valence-corrected chi connectivity index (χ2v) is 3.72. The third-order valence-corrected chi connectivity index (χ3v) is 2.47. The predicted molar refractivity (Wildman–Crippen MR) is 69.6 cm³/mol. The Hall–Kier alpha value is -2.78. The molecule has 2 aromatic rings. The fourth-order valence-electron chi connectivity index (χ4n) is 1.58. The van der Waals surface area contributed by atoms with Gasteiger partial charge in [0, 0.05) is 6.20 Å². The molecule has 0 radical (unpaired) electrons. The van der Waals surface area contributed by atoms with Gasteiger partial charge in [-0.05, 0) is 24.3 Å². The maximum atomic E-state index is 12.0. The van der Waals surface area contributed by atoms with E-state index in [1.165, 1.54) is 6.08 Å². The number of benzene rings is 1. The van der Waals surface area contributed by atoms with E-state index < -0.39 is 0 Å². The van der Waals surface area contributed by atoms with Crippen molar-refractivity contribution in [2.24, 2.45) is 4.99 Å². The molecular formula is C14H11N3O2. The quantitative estimate of drug-likeness (QED) is 0.669. The normalized spacial score (nSPS) is 9.47. The van der Waals surface area contributed by atoms with Gasteiger partial charge in [0.25, 0.3) is 5.91 Å². The number of amides is 1. The molecule has 0 aliphatic heterocycles. The number of aromatic nitrogens is 1. The Balaban J connectivity index is 2.10. The molecule has 1 N–H and O–H groups in total. The van der Waals surface area contributed by atoms with Gasteiger partial charge in [0.2, 0.25) is 6.08 Å². The third kappa shape index (κ3) is 3.34. The number of para-hydroxylation sites is 1. The minimum atomic E-state index is -0.305. The van der Waals surface area contributed by atoms with Crippen molar-refractivity contribution in [3.8, 4) is 0 Å². The van der Waals surface area contributed by atoms with Gasteiger partial charge >= 0.3 is 0 Å². The molecule has 5 nitrogen and oxygen atoms in total. The fourth-order valence-corrected chi connectivity index (χ4v) is 1.58. The van der Waals surface area contributed by atoms with Crippen molar-refractivity contribution >= 4 is 17.7 Å². The molecule has 0 saturated carbocycles. The van der Waals surface area contributed by atoms with Crippen LogP contribution in [0.2, 0.25) is 0 Å². The minimum Gasteiger partial charge on any atom is -0.346 e. The lowest BCUT2D eigenvalue weighted by Crippen LogP contribution is -2.23. The highest BCUT2D eigenvalue weighted by Gasteiger charge is 2.10. The molecule has 0 spiro atoms. The number of hydrogen-bond donors (Lipinski definition) is 1. The summed E-state index contributed by atoms with van der Waals surface area (Å²) in [5, 5.41) is 2.72. The third-order valence-electron chi connectivity index (χ3n) is 2.47.